The summed E-state index contributed by atoms with van der Waals surface area (Å²) in [6, 6.07) is 14.5. The number of carbonyl (C=O) groups is 2. The number of hydrogen-bond acceptors (Lipinski definition) is 3. The topological polar surface area (TPSA) is 52.7 Å². The molecule has 1 aliphatic rings. The minimum absolute atomic E-state index is 0.107. The van der Waals surface area contributed by atoms with Crippen molar-refractivity contribution in [3.05, 3.63) is 64.7 Å². The minimum Gasteiger partial charge on any atom is -0.372 e. The Hall–Kier alpha value is -2.79. The molecule has 6 heteroatoms. The van der Waals surface area contributed by atoms with E-state index in [1.165, 1.54) is 5.01 Å². The van der Waals surface area contributed by atoms with Gasteiger partial charge >= 0.3 is 0 Å². The smallest absolute Gasteiger partial charge is 0.282 e. The van der Waals surface area contributed by atoms with Crippen molar-refractivity contribution in [1.82, 2.24) is 5.43 Å². The second-order valence-corrected chi connectivity index (χ2v) is 6.32. The number of hydrazine groups is 1. The van der Waals surface area contributed by atoms with Gasteiger partial charge in [0.15, 0.2) is 0 Å². The minimum atomic E-state index is -0.419. The average molecular weight is 370 g/mol. The summed E-state index contributed by atoms with van der Waals surface area (Å²) in [7, 11) is 0. The third kappa shape index (κ3) is 3.58. The molecule has 1 N–H and O–H groups in total. The zero-order valence-corrected chi connectivity index (χ0v) is 15.5. The molecule has 3 rings (SSSR count). The van der Waals surface area contributed by atoms with Gasteiger partial charge in [0.2, 0.25) is 0 Å². The first-order valence-electron chi connectivity index (χ1n) is 8.51. The standard InChI is InChI=1S/C20H20ClN3O2/c1-3-23(4-2)16-9-5-14(6-10-16)13-18-19(25)22-24(20(18)26)17-11-7-15(21)8-12-17/h5-13H,3-4H2,1-2H3,(H,22,25). The summed E-state index contributed by atoms with van der Waals surface area (Å²) in [5, 5.41) is 1.80. The fraction of sp³-hybridized carbons (Fsp3) is 0.200. The summed E-state index contributed by atoms with van der Waals surface area (Å²) < 4.78 is 0. The Kier molecular flexibility index (Phi) is 5.28. The number of amides is 2. The van der Waals surface area contributed by atoms with Gasteiger partial charge in [0.1, 0.15) is 5.57 Å². The number of carbonyl (C=O) groups excluding carboxylic acids is 2. The molecule has 1 heterocycles. The van der Waals surface area contributed by atoms with Crippen molar-refractivity contribution in [3.8, 4) is 0 Å². The molecule has 0 spiro atoms. The van der Waals surface area contributed by atoms with Crippen LogP contribution in [0.2, 0.25) is 5.02 Å². The Morgan fingerprint density at radius 3 is 2.19 bits per heavy atom. The van der Waals surface area contributed by atoms with Gasteiger partial charge in [-0.05, 0) is 61.9 Å². The van der Waals surface area contributed by atoms with E-state index in [-0.39, 0.29) is 11.5 Å². The molecule has 2 amide bonds. The third-order valence-electron chi connectivity index (χ3n) is 4.31. The number of nitrogens with zero attached hydrogens (tertiary/aromatic N) is 2. The first-order valence-corrected chi connectivity index (χ1v) is 8.89. The van der Waals surface area contributed by atoms with E-state index >= 15 is 0 Å². The van der Waals surface area contributed by atoms with Crippen LogP contribution in [0.25, 0.3) is 6.08 Å². The molecule has 0 unspecified atom stereocenters. The summed E-state index contributed by atoms with van der Waals surface area (Å²) in [4.78, 5) is 27.1. The van der Waals surface area contributed by atoms with Crippen molar-refractivity contribution in [1.29, 1.82) is 0 Å². The van der Waals surface area contributed by atoms with E-state index in [9.17, 15) is 9.59 Å². The molecule has 0 saturated carbocycles. The van der Waals surface area contributed by atoms with Crippen molar-refractivity contribution in [2.24, 2.45) is 0 Å². The molecule has 0 aliphatic carbocycles. The number of benzene rings is 2. The van der Waals surface area contributed by atoms with Crippen molar-refractivity contribution >= 4 is 40.9 Å². The van der Waals surface area contributed by atoms with Crippen LogP contribution in [-0.4, -0.2) is 24.9 Å². The van der Waals surface area contributed by atoms with Gasteiger partial charge < -0.3 is 4.90 Å². The van der Waals surface area contributed by atoms with Gasteiger partial charge in [0.05, 0.1) is 5.69 Å². The highest BCUT2D eigenvalue weighted by Gasteiger charge is 2.34. The van der Waals surface area contributed by atoms with E-state index in [4.69, 9.17) is 11.6 Å². The quantitative estimate of drug-likeness (QED) is 0.646. The summed E-state index contributed by atoms with van der Waals surface area (Å²) in [6.45, 7) is 6.06. The molecule has 26 heavy (non-hydrogen) atoms. The zero-order valence-electron chi connectivity index (χ0n) is 14.7. The zero-order chi connectivity index (χ0) is 18.7. The summed E-state index contributed by atoms with van der Waals surface area (Å²) >= 11 is 5.87. The lowest BCUT2D eigenvalue weighted by Crippen LogP contribution is -2.35. The molecule has 2 aromatic carbocycles. The molecule has 2 aromatic rings. The van der Waals surface area contributed by atoms with Gasteiger partial charge in [-0.2, -0.15) is 0 Å². The van der Waals surface area contributed by atoms with Crippen molar-refractivity contribution in [2.45, 2.75) is 13.8 Å². The first kappa shape index (κ1) is 18.0. The van der Waals surface area contributed by atoms with E-state index in [1.54, 1.807) is 30.3 Å². The third-order valence-corrected chi connectivity index (χ3v) is 4.56. The van der Waals surface area contributed by atoms with Crippen molar-refractivity contribution in [2.75, 3.05) is 23.0 Å². The lowest BCUT2D eigenvalue weighted by Gasteiger charge is -2.20. The molecule has 1 aliphatic heterocycles. The maximum atomic E-state index is 12.6. The summed E-state index contributed by atoms with van der Waals surface area (Å²) in [6.07, 6.45) is 1.61. The molecule has 0 aromatic heterocycles. The van der Waals surface area contributed by atoms with Crippen LogP contribution >= 0.6 is 11.6 Å². The summed E-state index contributed by atoms with van der Waals surface area (Å²) in [5.74, 6) is -0.803. The van der Waals surface area contributed by atoms with Crippen LogP contribution in [0.3, 0.4) is 0 Å². The van der Waals surface area contributed by atoms with Crippen molar-refractivity contribution in [3.63, 3.8) is 0 Å². The number of anilines is 2. The summed E-state index contributed by atoms with van der Waals surface area (Å²) in [5.41, 5.74) is 5.17. The Bertz CT molecular complexity index is 840. The number of halogens is 1. The molecule has 0 radical (unpaired) electrons. The predicted molar refractivity (Wildman–Crippen MR) is 105 cm³/mol. The largest absolute Gasteiger partial charge is 0.372 e. The molecular weight excluding hydrogens is 350 g/mol. The van der Waals surface area contributed by atoms with Crippen LogP contribution in [-0.2, 0) is 9.59 Å². The Labute approximate surface area is 157 Å². The molecule has 1 saturated heterocycles. The van der Waals surface area contributed by atoms with Crippen LogP contribution < -0.4 is 15.3 Å². The van der Waals surface area contributed by atoms with Crippen LogP contribution in [0.1, 0.15) is 19.4 Å². The number of rotatable bonds is 5. The van der Waals surface area contributed by atoms with Gasteiger partial charge in [0, 0.05) is 23.8 Å². The monoisotopic (exact) mass is 369 g/mol. The van der Waals surface area contributed by atoms with Gasteiger partial charge in [-0.3, -0.25) is 15.0 Å². The molecule has 0 bridgehead atoms. The maximum Gasteiger partial charge on any atom is 0.282 e. The highest BCUT2D eigenvalue weighted by Crippen LogP contribution is 2.24. The molecule has 1 fully saturated rings. The van der Waals surface area contributed by atoms with E-state index in [2.05, 4.69) is 24.2 Å². The Balaban J connectivity index is 1.83. The van der Waals surface area contributed by atoms with E-state index in [0.717, 1.165) is 24.3 Å². The maximum absolute atomic E-state index is 12.6. The highest BCUT2D eigenvalue weighted by atomic mass is 35.5. The normalized spacial score (nSPS) is 15.5. The molecule has 134 valence electrons. The fourth-order valence-electron chi connectivity index (χ4n) is 2.87. The second kappa shape index (κ2) is 7.62. The SMILES string of the molecule is CCN(CC)c1ccc(C=C2C(=O)NN(c3ccc(Cl)cc3)C2=O)cc1. The predicted octanol–water partition coefficient (Wildman–Crippen LogP) is 3.65. The second-order valence-electron chi connectivity index (χ2n) is 5.88. The first-order chi connectivity index (χ1) is 12.5. The van der Waals surface area contributed by atoms with E-state index in [1.807, 2.05) is 24.3 Å². The number of hydrogen-bond donors (Lipinski definition) is 1. The van der Waals surface area contributed by atoms with Crippen LogP contribution in [0, 0.1) is 0 Å². The van der Waals surface area contributed by atoms with E-state index in [0.29, 0.717) is 10.7 Å². The van der Waals surface area contributed by atoms with Crippen LogP contribution in [0.15, 0.2) is 54.1 Å². The fourth-order valence-corrected chi connectivity index (χ4v) is 2.99. The Morgan fingerprint density at radius 2 is 1.62 bits per heavy atom. The number of nitrogens with one attached hydrogen (secondary N) is 1. The molecule has 0 atom stereocenters. The molecular formula is C20H20ClN3O2. The van der Waals surface area contributed by atoms with E-state index < -0.39 is 5.91 Å². The lowest BCUT2D eigenvalue weighted by molar-refractivity contribution is -0.117. The molecule has 5 nitrogen and oxygen atoms in total. The van der Waals surface area contributed by atoms with Crippen LogP contribution in [0.5, 0.6) is 0 Å². The van der Waals surface area contributed by atoms with Gasteiger partial charge in [0.25, 0.3) is 11.8 Å². The van der Waals surface area contributed by atoms with Gasteiger partial charge in [-0.15, -0.1) is 0 Å². The average Bonchev–Trinajstić information content (AvgIpc) is 2.93. The van der Waals surface area contributed by atoms with Crippen LogP contribution in [0.4, 0.5) is 11.4 Å². The highest BCUT2D eigenvalue weighted by molar-refractivity contribution is 6.32. The van der Waals surface area contributed by atoms with Gasteiger partial charge in [-0.1, -0.05) is 23.7 Å². The van der Waals surface area contributed by atoms with Crippen molar-refractivity contribution < 1.29 is 9.59 Å². The lowest BCUT2D eigenvalue weighted by atomic mass is 10.1. The Morgan fingerprint density at radius 1 is 1.00 bits per heavy atom. The van der Waals surface area contributed by atoms with Gasteiger partial charge in [-0.25, -0.2) is 5.01 Å².